The fourth-order valence-electron chi connectivity index (χ4n) is 9.25. The third kappa shape index (κ3) is 6.01. The van der Waals surface area contributed by atoms with Crippen LogP contribution in [0.3, 0.4) is 0 Å². The highest BCUT2D eigenvalue weighted by Gasteiger charge is 2.36. The number of anilines is 3. The maximum atomic E-state index is 2.48. The summed E-state index contributed by atoms with van der Waals surface area (Å²) in [6.07, 6.45) is 0. The molecule has 1 nitrogen and oxygen atoms in total. The summed E-state index contributed by atoms with van der Waals surface area (Å²) < 4.78 is 0. The number of nitrogens with zero attached hydrogens (tertiary/aromatic N) is 1. The van der Waals surface area contributed by atoms with Crippen molar-refractivity contribution in [3.63, 3.8) is 0 Å². The second-order valence-electron chi connectivity index (χ2n) is 17.4. The lowest BCUT2D eigenvalue weighted by Crippen LogP contribution is -2.17. The number of fused-ring (bicyclic) bond motifs is 5. The van der Waals surface area contributed by atoms with E-state index in [9.17, 15) is 0 Å². The third-order valence-electron chi connectivity index (χ3n) is 12.5. The lowest BCUT2D eigenvalue weighted by Gasteiger charge is -2.31. The van der Waals surface area contributed by atoms with Gasteiger partial charge in [-0.15, -0.1) is 0 Å². The number of benzene rings is 9. The second kappa shape index (κ2) is 13.7. The summed E-state index contributed by atoms with van der Waals surface area (Å²) >= 11 is 0. The summed E-state index contributed by atoms with van der Waals surface area (Å²) in [4.78, 5) is 2.48. The minimum absolute atomic E-state index is 0.125. The molecular formula is C57H47N. The molecule has 0 spiro atoms. The fraction of sp³-hybridized carbons (Fsp3) is 0.123. The third-order valence-corrected chi connectivity index (χ3v) is 12.5. The van der Waals surface area contributed by atoms with Gasteiger partial charge in [-0.1, -0.05) is 198 Å². The molecule has 1 aliphatic carbocycles. The summed E-state index contributed by atoms with van der Waals surface area (Å²) in [6, 6.07) is 72.1. The molecule has 0 aliphatic heterocycles. The molecule has 9 aromatic rings. The monoisotopic (exact) mass is 745 g/mol. The molecule has 58 heavy (non-hydrogen) atoms. The maximum Gasteiger partial charge on any atom is 0.0546 e. The van der Waals surface area contributed by atoms with E-state index >= 15 is 0 Å². The Hall–Kier alpha value is -6.70. The normalized spacial score (nSPS) is 13.1. The van der Waals surface area contributed by atoms with Crippen molar-refractivity contribution in [2.75, 3.05) is 4.90 Å². The summed E-state index contributed by atoms with van der Waals surface area (Å²) in [5.41, 5.74) is 17.5. The summed E-state index contributed by atoms with van der Waals surface area (Å²) in [6.45, 7) is 11.5. The van der Waals surface area contributed by atoms with Crippen molar-refractivity contribution < 1.29 is 0 Å². The van der Waals surface area contributed by atoms with E-state index < -0.39 is 0 Å². The molecule has 0 N–H and O–H groups in total. The lowest BCUT2D eigenvalue weighted by atomic mass is 9.82. The molecule has 0 aromatic heterocycles. The highest BCUT2D eigenvalue weighted by molar-refractivity contribution is 6.11. The summed E-state index contributed by atoms with van der Waals surface area (Å²) in [5.74, 6) is 0. The number of hydrogen-bond donors (Lipinski definition) is 0. The SMILES string of the molecule is CC(C)(C)c1ccc(-c2ccc(-c3ccc(N(c4ccc5c(c4)C(C)(C)c4ccccc4-5)c4ccc5ccccc5c4-c4cccc5ccccc45)cc3)cc2)cc1. The van der Waals surface area contributed by atoms with E-state index in [1.54, 1.807) is 0 Å². The van der Waals surface area contributed by atoms with Crippen LogP contribution in [0.15, 0.2) is 194 Å². The highest BCUT2D eigenvalue weighted by atomic mass is 15.1. The first-order valence-electron chi connectivity index (χ1n) is 20.5. The van der Waals surface area contributed by atoms with Crippen LogP contribution in [0.2, 0.25) is 0 Å². The van der Waals surface area contributed by atoms with Crippen LogP contribution in [0.5, 0.6) is 0 Å². The Bertz CT molecular complexity index is 2970. The molecule has 0 bridgehead atoms. The maximum absolute atomic E-state index is 2.48. The molecule has 0 amide bonds. The zero-order chi connectivity index (χ0) is 39.6. The van der Waals surface area contributed by atoms with Gasteiger partial charge in [0.1, 0.15) is 0 Å². The van der Waals surface area contributed by atoms with Crippen molar-refractivity contribution in [1.29, 1.82) is 0 Å². The van der Waals surface area contributed by atoms with Gasteiger partial charge in [-0.2, -0.15) is 0 Å². The largest absolute Gasteiger partial charge is 0.310 e. The molecule has 0 unspecified atom stereocenters. The molecule has 0 saturated carbocycles. The molecule has 9 aromatic carbocycles. The highest BCUT2D eigenvalue weighted by Crippen LogP contribution is 2.52. The van der Waals surface area contributed by atoms with Crippen LogP contribution in [-0.2, 0) is 10.8 Å². The smallest absolute Gasteiger partial charge is 0.0546 e. The van der Waals surface area contributed by atoms with E-state index in [-0.39, 0.29) is 10.8 Å². The summed E-state index contributed by atoms with van der Waals surface area (Å²) in [7, 11) is 0. The topological polar surface area (TPSA) is 3.24 Å². The van der Waals surface area contributed by atoms with Crippen molar-refractivity contribution in [3.05, 3.63) is 211 Å². The van der Waals surface area contributed by atoms with E-state index in [0.29, 0.717) is 0 Å². The van der Waals surface area contributed by atoms with Gasteiger partial charge >= 0.3 is 0 Å². The molecule has 0 saturated heterocycles. The van der Waals surface area contributed by atoms with Crippen LogP contribution in [0.1, 0.15) is 51.3 Å². The van der Waals surface area contributed by atoms with Crippen LogP contribution >= 0.6 is 0 Å². The summed E-state index contributed by atoms with van der Waals surface area (Å²) in [5, 5.41) is 4.94. The van der Waals surface area contributed by atoms with Gasteiger partial charge in [-0.05, 0) is 113 Å². The van der Waals surface area contributed by atoms with Gasteiger partial charge in [0.05, 0.1) is 5.69 Å². The van der Waals surface area contributed by atoms with E-state index in [2.05, 4.69) is 234 Å². The Morgan fingerprint density at radius 1 is 0.397 bits per heavy atom. The van der Waals surface area contributed by atoms with Crippen LogP contribution in [0.25, 0.3) is 66.1 Å². The Balaban J connectivity index is 1.12. The van der Waals surface area contributed by atoms with Gasteiger partial charge in [-0.3, -0.25) is 0 Å². The van der Waals surface area contributed by atoms with Crippen molar-refractivity contribution in [3.8, 4) is 44.5 Å². The fourth-order valence-corrected chi connectivity index (χ4v) is 9.25. The first-order valence-corrected chi connectivity index (χ1v) is 20.5. The Labute approximate surface area is 342 Å². The minimum Gasteiger partial charge on any atom is -0.310 e. The molecule has 0 heterocycles. The molecule has 0 fully saturated rings. The van der Waals surface area contributed by atoms with Gasteiger partial charge in [0.15, 0.2) is 0 Å². The standard InChI is InChI=1S/C57H47N/c1-56(2,3)44-30-25-40(26-31-44)38-21-23-39(24-22-38)41-27-32-45(33-28-41)58(46-34-35-50-49-18-10-11-20-52(49)57(4,5)53(50)37-46)54-36-29-43-14-7-9-17-48(43)55(54)51-19-12-15-42-13-6-8-16-47(42)51/h6-37H,1-5H3. The van der Waals surface area contributed by atoms with Crippen LogP contribution in [-0.4, -0.2) is 0 Å². The number of rotatable bonds is 6. The van der Waals surface area contributed by atoms with Crippen molar-refractivity contribution in [2.24, 2.45) is 0 Å². The van der Waals surface area contributed by atoms with Gasteiger partial charge in [0, 0.05) is 22.4 Å². The van der Waals surface area contributed by atoms with Crippen molar-refractivity contribution in [2.45, 2.75) is 45.4 Å². The first-order chi connectivity index (χ1) is 28.1. The van der Waals surface area contributed by atoms with Crippen molar-refractivity contribution in [1.82, 2.24) is 0 Å². The number of hydrogen-bond acceptors (Lipinski definition) is 1. The van der Waals surface area contributed by atoms with Gasteiger partial charge in [0.2, 0.25) is 0 Å². The zero-order valence-corrected chi connectivity index (χ0v) is 33.9. The van der Waals surface area contributed by atoms with Crippen LogP contribution < -0.4 is 4.90 Å². The zero-order valence-electron chi connectivity index (χ0n) is 33.9. The molecule has 0 radical (unpaired) electrons. The van der Waals surface area contributed by atoms with Gasteiger partial charge in [-0.25, -0.2) is 0 Å². The Morgan fingerprint density at radius 2 is 0.897 bits per heavy atom. The van der Waals surface area contributed by atoms with Crippen molar-refractivity contribution >= 4 is 38.6 Å². The predicted octanol–water partition coefficient (Wildman–Crippen LogP) is 16.1. The molecule has 1 heteroatoms. The van der Waals surface area contributed by atoms with E-state index in [0.717, 1.165) is 17.1 Å². The predicted molar refractivity (Wildman–Crippen MR) is 249 cm³/mol. The average molecular weight is 746 g/mol. The average Bonchev–Trinajstić information content (AvgIpc) is 3.49. The second-order valence-corrected chi connectivity index (χ2v) is 17.4. The van der Waals surface area contributed by atoms with Gasteiger partial charge < -0.3 is 4.90 Å². The first kappa shape index (κ1) is 35.7. The molecular weight excluding hydrogens is 699 g/mol. The molecule has 280 valence electrons. The Kier molecular flexibility index (Phi) is 8.46. The molecule has 0 atom stereocenters. The van der Waals surface area contributed by atoms with E-state index in [4.69, 9.17) is 0 Å². The van der Waals surface area contributed by atoms with E-state index in [1.807, 2.05) is 0 Å². The van der Waals surface area contributed by atoms with Crippen LogP contribution in [0, 0.1) is 0 Å². The minimum atomic E-state index is -0.125. The Morgan fingerprint density at radius 3 is 1.57 bits per heavy atom. The molecule has 1 aliphatic rings. The lowest BCUT2D eigenvalue weighted by molar-refractivity contribution is 0.590. The van der Waals surface area contributed by atoms with E-state index in [1.165, 1.54) is 82.7 Å². The quantitative estimate of drug-likeness (QED) is 0.164. The van der Waals surface area contributed by atoms with Gasteiger partial charge in [0.25, 0.3) is 0 Å². The van der Waals surface area contributed by atoms with Crippen LogP contribution in [0.4, 0.5) is 17.1 Å². The molecule has 10 rings (SSSR count).